The Labute approximate surface area is 180 Å². The number of likely N-dealkylation sites (tertiary alicyclic amines) is 1. The van der Waals surface area contributed by atoms with Crippen molar-refractivity contribution in [1.82, 2.24) is 4.90 Å². The predicted octanol–water partition coefficient (Wildman–Crippen LogP) is 4.72. The zero-order valence-corrected chi connectivity index (χ0v) is 18.6. The summed E-state index contributed by atoms with van der Waals surface area (Å²) in [7, 11) is 4.10. The first-order valence-corrected chi connectivity index (χ1v) is 11.3. The van der Waals surface area contributed by atoms with Gasteiger partial charge in [-0.2, -0.15) is 0 Å². The molecule has 0 aromatic heterocycles. The van der Waals surface area contributed by atoms with Gasteiger partial charge < -0.3 is 19.1 Å². The van der Waals surface area contributed by atoms with Crippen molar-refractivity contribution in [3.05, 3.63) is 59.2 Å². The van der Waals surface area contributed by atoms with Crippen molar-refractivity contribution in [3.63, 3.8) is 0 Å². The highest BCUT2D eigenvalue weighted by atomic mass is 16.6. The Balaban J connectivity index is 1.57. The summed E-state index contributed by atoms with van der Waals surface area (Å²) in [5.41, 5.74) is 3.87. The molecular formula is C26H33NO3. The summed E-state index contributed by atoms with van der Waals surface area (Å²) in [5, 5.41) is 0. The molecular weight excluding hydrogens is 374 g/mol. The van der Waals surface area contributed by atoms with E-state index in [4.69, 9.17) is 14.2 Å². The number of aryl methyl sites for hydroxylation is 1. The number of ether oxygens (including phenoxy) is 3. The Kier molecular flexibility index (Phi) is 5.03. The number of hydrogen-bond donors (Lipinski definition) is 0. The van der Waals surface area contributed by atoms with Crippen LogP contribution in [0.25, 0.3) is 0 Å². The molecule has 0 N–H and O–H groups in total. The molecule has 2 aromatic rings. The number of piperidine rings is 1. The van der Waals surface area contributed by atoms with Gasteiger partial charge in [0.05, 0.1) is 6.10 Å². The summed E-state index contributed by atoms with van der Waals surface area (Å²) < 4.78 is 19.1. The largest absolute Gasteiger partial charge is 0.485 e. The Hall–Kier alpha value is -2.04. The van der Waals surface area contributed by atoms with E-state index in [1.807, 2.05) is 13.2 Å². The van der Waals surface area contributed by atoms with E-state index in [0.717, 1.165) is 30.9 Å². The van der Waals surface area contributed by atoms with Crippen molar-refractivity contribution >= 4 is 0 Å². The fourth-order valence-electron chi connectivity index (χ4n) is 6.38. The van der Waals surface area contributed by atoms with Crippen LogP contribution in [0.3, 0.4) is 0 Å². The molecule has 1 spiro atoms. The normalized spacial score (nSPS) is 32.7. The second-order valence-corrected chi connectivity index (χ2v) is 9.37. The first-order valence-electron chi connectivity index (χ1n) is 11.3. The lowest BCUT2D eigenvalue weighted by Gasteiger charge is -2.55. The molecule has 2 aromatic carbocycles. The van der Waals surface area contributed by atoms with Gasteiger partial charge in [-0.3, -0.25) is 0 Å². The molecule has 5 atom stereocenters. The lowest BCUT2D eigenvalue weighted by atomic mass is 9.55. The van der Waals surface area contributed by atoms with Crippen LogP contribution in [0.15, 0.2) is 42.5 Å². The highest BCUT2D eigenvalue weighted by molar-refractivity contribution is 5.59. The highest BCUT2D eigenvalue weighted by Crippen LogP contribution is 2.61. The molecule has 2 aliphatic heterocycles. The predicted molar refractivity (Wildman–Crippen MR) is 118 cm³/mol. The summed E-state index contributed by atoms with van der Waals surface area (Å²) in [6, 6.07) is 15.2. The monoisotopic (exact) mass is 407 g/mol. The van der Waals surface area contributed by atoms with Crippen molar-refractivity contribution in [2.24, 2.45) is 5.92 Å². The van der Waals surface area contributed by atoms with Gasteiger partial charge in [0.15, 0.2) is 11.5 Å². The molecule has 4 nitrogen and oxygen atoms in total. The zero-order valence-electron chi connectivity index (χ0n) is 18.6. The van der Waals surface area contributed by atoms with Gasteiger partial charge in [0, 0.05) is 24.1 Å². The van der Waals surface area contributed by atoms with Gasteiger partial charge in [0.2, 0.25) is 0 Å². The Morgan fingerprint density at radius 3 is 2.70 bits per heavy atom. The minimum atomic E-state index is 0.0103. The number of rotatable bonds is 4. The van der Waals surface area contributed by atoms with Crippen molar-refractivity contribution < 1.29 is 14.2 Å². The van der Waals surface area contributed by atoms with Gasteiger partial charge in [-0.15, -0.1) is 0 Å². The van der Waals surface area contributed by atoms with Crippen LogP contribution in [-0.2, 0) is 16.8 Å². The first-order chi connectivity index (χ1) is 14.6. The van der Waals surface area contributed by atoms with Crippen LogP contribution < -0.4 is 9.47 Å². The summed E-state index contributed by atoms with van der Waals surface area (Å²) in [5.74, 6) is 2.39. The molecule has 2 fully saturated rings. The highest BCUT2D eigenvalue weighted by Gasteiger charge is 2.62. The lowest BCUT2D eigenvalue weighted by Crippen LogP contribution is -2.63. The molecule has 5 rings (SSSR count). The summed E-state index contributed by atoms with van der Waals surface area (Å²) >= 11 is 0. The molecule has 1 aliphatic carbocycles. The standard InChI is InChI=1S/C26H33NO3/c1-17-10-12-21(29-16-19-8-6-5-7-9-19)24-23(17)26-14-15-27(3)18(2)20(26)11-13-22(28-4)25(26)30-24/h5-10,12,18,20,22,25H,11,13-16H2,1-4H3/t18?,20?,22?,25-,26?/m0/s1. The molecule has 160 valence electrons. The number of fused-ring (bicyclic) bond motifs is 1. The maximum Gasteiger partial charge on any atom is 0.165 e. The Morgan fingerprint density at radius 1 is 1.13 bits per heavy atom. The van der Waals surface area contributed by atoms with Crippen LogP contribution >= 0.6 is 0 Å². The van der Waals surface area contributed by atoms with Crippen LogP contribution in [0.2, 0.25) is 0 Å². The van der Waals surface area contributed by atoms with Crippen LogP contribution in [-0.4, -0.2) is 43.9 Å². The van der Waals surface area contributed by atoms with E-state index in [1.165, 1.54) is 23.1 Å². The van der Waals surface area contributed by atoms with E-state index in [9.17, 15) is 0 Å². The van der Waals surface area contributed by atoms with Crippen LogP contribution in [0, 0.1) is 12.8 Å². The van der Waals surface area contributed by atoms with Crippen molar-refractivity contribution in [2.45, 2.75) is 63.4 Å². The molecule has 2 heterocycles. The maximum atomic E-state index is 6.79. The molecule has 4 heteroatoms. The fraction of sp³-hybridized carbons (Fsp3) is 0.538. The van der Waals surface area contributed by atoms with Crippen molar-refractivity contribution in [3.8, 4) is 11.5 Å². The average Bonchev–Trinajstić information content (AvgIpc) is 3.12. The van der Waals surface area contributed by atoms with E-state index in [0.29, 0.717) is 18.6 Å². The van der Waals surface area contributed by atoms with Crippen LogP contribution in [0.4, 0.5) is 0 Å². The third-order valence-electron chi connectivity index (χ3n) is 8.01. The molecule has 30 heavy (non-hydrogen) atoms. The number of nitrogens with zero attached hydrogens (tertiary/aromatic N) is 1. The second kappa shape index (κ2) is 7.58. The number of hydrogen-bond acceptors (Lipinski definition) is 4. The average molecular weight is 408 g/mol. The van der Waals surface area contributed by atoms with Gasteiger partial charge in [-0.1, -0.05) is 36.4 Å². The quantitative estimate of drug-likeness (QED) is 0.734. The van der Waals surface area contributed by atoms with Gasteiger partial charge in [0.25, 0.3) is 0 Å². The van der Waals surface area contributed by atoms with Gasteiger partial charge in [-0.05, 0) is 69.8 Å². The second-order valence-electron chi connectivity index (χ2n) is 9.37. The van der Waals surface area contributed by atoms with Crippen LogP contribution in [0.1, 0.15) is 42.9 Å². The number of benzene rings is 2. The molecule has 4 unspecified atom stereocenters. The fourth-order valence-corrected chi connectivity index (χ4v) is 6.38. The van der Waals surface area contributed by atoms with E-state index >= 15 is 0 Å². The molecule has 1 saturated carbocycles. The van der Waals surface area contributed by atoms with E-state index in [1.54, 1.807) is 0 Å². The summed E-state index contributed by atoms with van der Waals surface area (Å²) in [6.07, 6.45) is 3.54. The van der Waals surface area contributed by atoms with Crippen molar-refractivity contribution in [1.29, 1.82) is 0 Å². The summed E-state index contributed by atoms with van der Waals surface area (Å²) in [6.45, 7) is 6.26. The Morgan fingerprint density at radius 2 is 1.93 bits per heavy atom. The third kappa shape index (κ3) is 2.88. The third-order valence-corrected chi connectivity index (χ3v) is 8.01. The molecule has 1 saturated heterocycles. The molecule has 0 amide bonds. The minimum absolute atomic E-state index is 0.0103. The van der Waals surface area contributed by atoms with Crippen molar-refractivity contribution in [2.75, 3.05) is 20.7 Å². The van der Waals surface area contributed by atoms with E-state index in [-0.39, 0.29) is 17.6 Å². The molecule has 0 radical (unpaired) electrons. The van der Waals surface area contributed by atoms with E-state index < -0.39 is 0 Å². The Bertz CT molecular complexity index is 914. The van der Waals surface area contributed by atoms with Gasteiger partial charge in [0.1, 0.15) is 12.7 Å². The zero-order chi connectivity index (χ0) is 20.9. The first kappa shape index (κ1) is 19.9. The summed E-state index contributed by atoms with van der Waals surface area (Å²) in [4.78, 5) is 2.52. The maximum absolute atomic E-state index is 6.79. The SMILES string of the molecule is COC1CCC2C(C)N(C)CCC23c2c(C)ccc(OCc4ccccc4)c2O[C@@H]13. The topological polar surface area (TPSA) is 30.9 Å². The van der Waals surface area contributed by atoms with Gasteiger partial charge in [-0.25, -0.2) is 0 Å². The van der Waals surface area contributed by atoms with Crippen LogP contribution in [0.5, 0.6) is 11.5 Å². The molecule has 3 aliphatic rings. The van der Waals surface area contributed by atoms with E-state index in [2.05, 4.69) is 62.2 Å². The molecule has 0 bridgehead atoms. The van der Waals surface area contributed by atoms with Gasteiger partial charge >= 0.3 is 0 Å². The lowest BCUT2D eigenvalue weighted by molar-refractivity contribution is -0.105. The number of methoxy groups -OCH3 is 1. The minimum Gasteiger partial charge on any atom is -0.485 e. The smallest absolute Gasteiger partial charge is 0.165 e.